The summed E-state index contributed by atoms with van der Waals surface area (Å²) in [4.78, 5) is 28.0. The summed E-state index contributed by atoms with van der Waals surface area (Å²) >= 11 is 0. The quantitative estimate of drug-likeness (QED) is 0.477. The Hall–Kier alpha value is -3.60. The van der Waals surface area contributed by atoms with Gasteiger partial charge in [-0.05, 0) is 35.2 Å². The summed E-state index contributed by atoms with van der Waals surface area (Å²) in [6, 6.07) is 26.9. The summed E-state index contributed by atoms with van der Waals surface area (Å²) in [5.41, 5.74) is 3.14. The number of benzene rings is 3. The van der Waals surface area contributed by atoms with Gasteiger partial charge in [0.25, 0.3) is 0 Å². The second kappa shape index (κ2) is 12.4. The molecule has 0 fully saturated rings. The highest BCUT2D eigenvalue weighted by Crippen LogP contribution is 2.16. The zero-order valence-electron chi connectivity index (χ0n) is 19.4. The summed E-state index contributed by atoms with van der Waals surface area (Å²) in [5, 5.41) is 3.06. The highest BCUT2D eigenvalue weighted by Gasteiger charge is 2.29. The van der Waals surface area contributed by atoms with Crippen molar-refractivity contribution in [2.24, 2.45) is 0 Å². The van der Waals surface area contributed by atoms with Gasteiger partial charge in [0.1, 0.15) is 11.8 Å². The third-order valence-corrected chi connectivity index (χ3v) is 5.64. The second-order valence-electron chi connectivity index (χ2n) is 7.96. The number of amides is 2. The molecule has 0 aliphatic carbocycles. The van der Waals surface area contributed by atoms with E-state index in [1.54, 1.807) is 12.0 Å². The fraction of sp³-hybridized carbons (Fsp3) is 0.286. The maximum absolute atomic E-state index is 13.4. The molecular weight excluding hydrogens is 412 g/mol. The van der Waals surface area contributed by atoms with E-state index in [1.807, 2.05) is 91.9 Å². The van der Waals surface area contributed by atoms with E-state index in [0.717, 1.165) is 22.4 Å². The maximum atomic E-state index is 13.4. The molecule has 0 heterocycles. The molecule has 2 amide bonds. The number of ether oxygens (including phenoxy) is 1. The minimum Gasteiger partial charge on any atom is -0.497 e. The number of nitrogens with one attached hydrogen (secondary N) is 1. The zero-order chi connectivity index (χ0) is 23.5. The third-order valence-electron chi connectivity index (χ3n) is 5.64. The normalized spacial score (nSPS) is 11.5. The number of nitrogens with zero attached hydrogens (tertiary/aromatic N) is 1. The predicted octanol–water partition coefficient (Wildman–Crippen LogP) is 4.40. The first-order valence-electron chi connectivity index (χ1n) is 11.4. The summed E-state index contributed by atoms with van der Waals surface area (Å²) in [5.74, 6) is 0.635. The van der Waals surface area contributed by atoms with Crippen molar-refractivity contribution in [2.75, 3.05) is 13.7 Å². The van der Waals surface area contributed by atoms with E-state index in [-0.39, 0.29) is 11.8 Å². The lowest BCUT2D eigenvalue weighted by molar-refractivity contribution is -0.141. The van der Waals surface area contributed by atoms with Gasteiger partial charge in [0.05, 0.1) is 7.11 Å². The van der Waals surface area contributed by atoms with Crippen molar-refractivity contribution in [3.8, 4) is 5.75 Å². The lowest BCUT2D eigenvalue weighted by Gasteiger charge is -2.31. The number of methoxy groups -OCH3 is 1. The van der Waals surface area contributed by atoms with Crippen LogP contribution in [0.2, 0.25) is 0 Å². The Morgan fingerprint density at radius 2 is 1.45 bits per heavy atom. The van der Waals surface area contributed by atoms with Gasteiger partial charge in [-0.25, -0.2) is 0 Å². The number of hydrogen-bond donors (Lipinski definition) is 1. The van der Waals surface area contributed by atoms with Gasteiger partial charge in [0, 0.05) is 25.9 Å². The second-order valence-corrected chi connectivity index (χ2v) is 7.96. The van der Waals surface area contributed by atoms with Crippen LogP contribution in [0.3, 0.4) is 0 Å². The Labute approximate surface area is 196 Å². The largest absolute Gasteiger partial charge is 0.497 e. The fourth-order valence-corrected chi connectivity index (χ4v) is 3.78. The van der Waals surface area contributed by atoms with Crippen molar-refractivity contribution in [1.29, 1.82) is 0 Å². The predicted molar refractivity (Wildman–Crippen MR) is 131 cm³/mol. The molecule has 33 heavy (non-hydrogen) atoms. The molecule has 0 aromatic heterocycles. The summed E-state index contributed by atoms with van der Waals surface area (Å²) in [6.45, 7) is 2.73. The van der Waals surface area contributed by atoms with Crippen LogP contribution in [-0.4, -0.2) is 36.4 Å². The molecule has 0 saturated carbocycles. The standard InChI is InChI=1S/C28H32N2O3/c1-3-27(31)30(21-24-12-8-5-9-13-24)26(20-23-10-6-4-7-11-23)28(32)29-19-18-22-14-16-25(33-2)17-15-22/h4-17,26H,3,18-21H2,1-2H3,(H,29,32)/t26-/m0/s1. The van der Waals surface area contributed by atoms with Crippen LogP contribution in [-0.2, 0) is 29.0 Å². The van der Waals surface area contributed by atoms with Crippen LogP contribution in [0.1, 0.15) is 30.0 Å². The molecule has 0 unspecified atom stereocenters. The molecule has 3 aromatic carbocycles. The highest BCUT2D eigenvalue weighted by molar-refractivity contribution is 5.88. The molecule has 1 atom stereocenters. The van der Waals surface area contributed by atoms with Gasteiger partial charge in [0.15, 0.2) is 0 Å². The van der Waals surface area contributed by atoms with Crippen molar-refractivity contribution in [2.45, 2.75) is 38.8 Å². The van der Waals surface area contributed by atoms with Gasteiger partial charge >= 0.3 is 0 Å². The van der Waals surface area contributed by atoms with Crippen LogP contribution in [0.4, 0.5) is 0 Å². The maximum Gasteiger partial charge on any atom is 0.243 e. The molecule has 0 aliphatic rings. The molecule has 172 valence electrons. The number of carbonyl (C=O) groups excluding carboxylic acids is 2. The molecule has 5 heteroatoms. The SMILES string of the molecule is CCC(=O)N(Cc1ccccc1)[C@@H](Cc1ccccc1)C(=O)NCCc1ccc(OC)cc1. The van der Waals surface area contributed by atoms with Gasteiger partial charge in [-0.15, -0.1) is 0 Å². The summed E-state index contributed by atoms with van der Waals surface area (Å²) < 4.78 is 5.20. The minimum absolute atomic E-state index is 0.0370. The van der Waals surface area contributed by atoms with E-state index in [9.17, 15) is 9.59 Å². The zero-order valence-corrected chi connectivity index (χ0v) is 19.4. The average Bonchev–Trinajstić information content (AvgIpc) is 2.87. The Balaban J connectivity index is 1.75. The van der Waals surface area contributed by atoms with Gasteiger partial charge in [-0.3, -0.25) is 9.59 Å². The summed E-state index contributed by atoms with van der Waals surface area (Å²) in [6.07, 6.45) is 1.51. The monoisotopic (exact) mass is 444 g/mol. The topological polar surface area (TPSA) is 58.6 Å². The molecule has 3 aromatic rings. The van der Waals surface area contributed by atoms with Crippen LogP contribution in [0.5, 0.6) is 5.75 Å². The molecule has 3 rings (SSSR count). The van der Waals surface area contributed by atoms with Crippen LogP contribution >= 0.6 is 0 Å². The number of hydrogen-bond acceptors (Lipinski definition) is 3. The average molecular weight is 445 g/mol. The van der Waals surface area contributed by atoms with Crippen LogP contribution < -0.4 is 10.1 Å². The molecular formula is C28H32N2O3. The van der Waals surface area contributed by atoms with Gasteiger partial charge < -0.3 is 15.0 Å². The highest BCUT2D eigenvalue weighted by atomic mass is 16.5. The van der Waals surface area contributed by atoms with Gasteiger partial charge in [-0.1, -0.05) is 79.7 Å². The van der Waals surface area contributed by atoms with Crippen molar-refractivity contribution < 1.29 is 14.3 Å². The van der Waals surface area contributed by atoms with Crippen molar-refractivity contribution >= 4 is 11.8 Å². The van der Waals surface area contributed by atoms with E-state index in [2.05, 4.69) is 5.32 Å². The van der Waals surface area contributed by atoms with E-state index in [4.69, 9.17) is 4.74 Å². The Morgan fingerprint density at radius 3 is 2.03 bits per heavy atom. The number of rotatable bonds is 11. The van der Waals surface area contributed by atoms with Crippen molar-refractivity contribution in [3.63, 3.8) is 0 Å². The molecule has 0 spiro atoms. The number of carbonyl (C=O) groups is 2. The van der Waals surface area contributed by atoms with E-state index in [1.165, 1.54) is 0 Å². The molecule has 0 radical (unpaired) electrons. The van der Waals surface area contributed by atoms with Gasteiger partial charge in [-0.2, -0.15) is 0 Å². The van der Waals surface area contributed by atoms with Crippen molar-refractivity contribution in [1.82, 2.24) is 10.2 Å². The van der Waals surface area contributed by atoms with Crippen molar-refractivity contribution in [3.05, 3.63) is 102 Å². The lowest BCUT2D eigenvalue weighted by atomic mass is 10.0. The first kappa shape index (κ1) is 24.1. The fourth-order valence-electron chi connectivity index (χ4n) is 3.78. The van der Waals surface area contributed by atoms with Crippen LogP contribution in [0, 0.1) is 0 Å². The molecule has 0 aliphatic heterocycles. The Bertz CT molecular complexity index is 1000. The molecule has 5 nitrogen and oxygen atoms in total. The van der Waals surface area contributed by atoms with E-state index < -0.39 is 6.04 Å². The van der Waals surface area contributed by atoms with Crippen LogP contribution in [0.25, 0.3) is 0 Å². The first-order chi connectivity index (χ1) is 16.1. The molecule has 0 bridgehead atoms. The summed E-state index contributed by atoms with van der Waals surface area (Å²) in [7, 11) is 1.64. The smallest absolute Gasteiger partial charge is 0.243 e. The van der Waals surface area contributed by atoms with Gasteiger partial charge in [0.2, 0.25) is 11.8 Å². The molecule has 1 N–H and O–H groups in total. The van der Waals surface area contributed by atoms with Crippen LogP contribution in [0.15, 0.2) is 84.9 Å². The Kier molecular flexibility index (Phi) is 9.07. The minimum atomic E-state index is -0.587. The Morgan fingerprint density at radius 1 is 0.848 bits per heavy atom. The van der Waals surface area contributed by atoms with E-state index >= 15 is 0 Å². The third kappa shape index (κ3) is 7.21. The molecule has 0 saturated heterocycles. The lowest BCUT2D eigenvalue weighted by Crippen LogP contribution is -2.50. The first-order valence-corrected chi connectivity index (χ1v) is 11.4. The van der Waals surface area contributed by atoms with E-state index in [0.29, 0.717) is 32.4 Å².